The Bertz CT molecular complexity index is 540. The van der Waals surface area contributed by atoms with Gasteiger partial charge in [0.25, 0.3) is 0 Å². The third-order valence-electron chi connectivity index (χ3n) is 2.35. The maximum Gasteiger partial charge on any atom is 0.226 e. The molecule has 3 N–H and O–H groups in total. The van der Waals surface area contributed by atoms with E-state index in [4.69, 9.17) is 10.9 Å². The van der Waals surface area contributed by atoms with Gasteiger partial charge in [-0.2, -0.15) is 11.3 Å². The first-order valence-electron chi connectivity index (χ1n) is 5.24. The van der Waals surface area contributed by atoms with E-state index in [0.717, 1.165) is 0 Å². The van der Waals surface area contributed by atoms with Gasteiger partial charge >= 0.3 is 0 Å². The molecular weight excluding hydrogens is 250 g/mol. The summed E-state index contributed by atoms with van der Waals surface area (Å²) in [4.78, 5) is 10.3. The minimum Gasteiger partial charge on any atom is -0.409 e. The first kappa shape index (κ1) is 12.3. The van der Waals surface area contributed by atoms with E-state index < -0.39 is 0 Å². The van der Waals surface area contributed by atoms with Crippen molar-refractivity contribution in [2.45, 2.75) is 6.54 Å². The molecule has 0 amide bonds. The van der Waals surface area contributed by atoms with Crippen LogP contribution < -0.4 is 10.6 Å². The second kappa shape index (κ2) is 5.46. The van der Waals surface area contributed by atoms with Crippen LogP contribution in [0.2, 0.25) is 0 Å². The molecule has 2 aromatic heterocycles. The molecule has 0 saturated carbocycles. The molecule has 6 nitrogen and oxygen atoms in total. The summed E-state index contributed by atoms with van der Waals surface area (Å²) in [6.07, 6.45) is 1.58. The molecule has 0 bridgehead atoms. The Balaban J connectivity index is 2.17. The van der Waals surface area contributed by atoms with Gasteiger partial charge < -0.3 is 15.8 Å². The Morgan fingerprint density at radius 3 is 3.06 bits per heavy atom. The highest BCUT2D eigenvalue weighted by atomic mass is 32.1. The van der Waals surface area contributed by atoms with Crippen LogP contribution in [-0.2, 0) is 6.54 Å². The van der Waals surface area contributed by atoms with Crippen molar-refractivity contribution < 1.29 is 5.21 Å². The smallest absolute Gasteiger partial charge is 0.226 e. The maximum atomic E-state index is 8.62. The summed E-state index contributed by atoms with van der Waals surface area (Å²) in [7, 11) is 1.89. The van der Waals surface area contributed by atoms with Gasteiger partial charge in [-0.25, -0.2) is 9.97 Å². The fraction of sp³-hybridized carbons (Fsp3) is 0.182. The van der Waals surface area contributed by atoms with Gasteiger partial charge in [-0.1, -0.05) is 5.16 Å². The Morgan fingerprint density at radius 2 is 2.39 bits per heavy atom. The number of hydrogen-bond donors (Lipinski definition) is 2. The quantitative estimate of drug-likeness (QED) is 0.375. The van der Waals surface area contributed by atoms with Crippen molar-refractivity contribution in [3.05, 3.63) is 40.3 Å². The molecule has 0 aromatic carbocycles. The van der Waals surface area contributed by atoms with Crippen molar-refractivity contribution in [2.24, 2.45) is 10.9 Å². The van der Waals surface area contributed by atoms with Crippen molar-refractivity contribution in [1.82, 2.24) is 9.97 Å². The van der Waals surface area contributed by atoms with Crippen LogP contribution >= 0.6 is 11.3 Å². The number of thiophene rings is 1. The summed E-state index contributed by atoms with van der Waals surface area (Å²) in [6, 6.07) is 3.64. The van der Waals surface area contributed by atoms with E-state index in [-0.39, 0.29) is 5.84 Å². The molecule has 0 aliphatic heterocycles. The summed E-state index contributed by atoms with van der Waals surface area (Å²) in [5, 5.41) is 15.6. The summed E-state index contributed by atoms with van der Waals surface area (Å²) in [6.45, 7) is 0.711. The molecule has 0 fully saturated rings. The minimum absolute atomic E-state index is 0.0254. The predicted molar refractivity (Wildman–Crippen MR) is 71.0 cm³/mol. The van der Waals surface area contributed by atoms with Gasteiger partial charge in [-0.05, 0) is 28.5 Å². The molecule has 0 unspecified atom stereocenters. The lowest BCUT2D eigenvalue weighted by atomic mass is 10.3. The van der Waals surface area contributed by atoms with E-state index in [1.54, 1.807) is 23.6 Å². The summed E-state index contributed by atoms with van der Waals surface area (Å²) < 4.78 is 0. The van der Waals surface area contributed by atoms with Gasteiger partial charge in [0.15, 0.2) is 5.84 Å². The Morgan fingerprint density at radius 1 is 1.56 bits per heavy atom. The Labute approximate surface area is 108 Å². The van der Waals surface area contributed by atoms with Crippen LogP contribution in [0.1, 0.15) is 11.3 Å². The second-order valence-electron chi connectivity index (χ2n) is 3.71. The average Bonchev–Trinajstić information content (AvgIpc) is 2.90. The molecule has 2 aromatic rings. The zero-order valence-electron chi connectivity index (χ0n) is 9.82. The van der Waals surface area contributed by atoms with Gasteiger partial charge in [0, 0.05) is 19.8 Å². The third-order valence-corrected chi connectivity index (χ3v) is 3.09. The van der Waals surface area contributed by atoms with E-state index in [9.17, 15) is 0 Å². The van der Waals surface area contributed by atoms with Crippen LogP contribution in [0.4, 0.5) is 5.95 Å². The van der Waals surface area contributed by atoms with E-state index in [1.807, 2.05) is 17.3 Å². The number of hydrogen-bond acceptors (Lipinski definition) is 6. The van der Waals surface area contributed by atoms with E-state index in [0.29, 0.717) is 18.2 Å². The van der Waals surface area contributed by atoms with Crippen LogP contribution in [0.25, 0.3) is 0 Å². The lowest BCUT2D eigenvalue weighted by Crippen LogP contribution is -2.21. The number of amidine groups is 1. The first-order valence-corrected chi connectivity index (χ1v) is 6.18. The van der Waals surface area contributed by atoms with Crippen LogP contribution in [0.3, 0.4) is 0 Å². The van der Waals surface area contributed by atoms with Crippen LogP contribution in [0.5, 0.6) is 0 Å². The number of aromatic nitrogens is 2. The lowest BCUT2D eigenvalue weighted by Gasteiger charge is -2.16. The highest BCUT2D eigenvalue weighted by Crippen LogP contribution is 2.12. The third kappa shape index (κ3) is 2.75. The SMILES string of the molecule is CN(Cc1ccsc1)c1nccc(/C(N)=N/O)n1. The summed E-state index contributed by atoms with van der Waals surface area (Å²) in [5.41, 5.74) is 7.09. The molecule has 7 heteroatoms. The van der Waals surface area contributed by atoms with Crippen molar-refractivity contribution in [3.63, 3.8) is 0 Å². The first-order chi connectivity index (χ1) is 8.70. The van der Waals surface area contributed by atoms with Gasteiger partial charge in [-0.15, -0.1) is 0 Å². The topological polar surface area (TPSA) is 87.6 Å². The van der Waals surface area contributed by atoms with Crippen molar-refractivity contribution in [1.29, 1.82) is 0 Å². The van der Waals surface area contributed by atoms with Gasteiger partial charge in [0.05, 0.1) is 0 Å². The van der Waals surface area contributed by atoms with E-state index in [1.165, 1.54) is 5.56 Å². The fourth-order valence-electron chi connectivity index (χ4n) is 1.45. The molecule has 0 atom stereocenters. The molecular formula is C11H13N5OS. The van der Waals surface area contributed by atoms with Crippen molar-refractivity contribution in [2.75, 3.05) is 11.9 Å². The molecule has 2 heterocycles. The summed E-state index contributed by atoms with van der Waals surface area (Å²) in [5.74, 6) is 0.507. The van der Waals surface area contributed by atoms with Gasteiger partial charge in [0.2, 0.25) is 5.95 Å². The molecule has 18 heavy (non-hydrogen) atoms. The minimum atomic E-state index is -0.0254. The second-order valence-corrected chi connectivity index (χ2v) is 4.49. The van der Waals surface area contributed by atoms with Crippen LogP contribution in [0.15, 0.2) is 34.2 Å². The highest BCUT2D eigenvalue weighted by Gasteiger charge is 2.08. The number of rotatable bonds is 4. The summed E-state index contributed by atoms with van der Waals surface area (Å²) >= 11 is 1.65. The molecule has 94 valence electrons. The van der Waals surface area contributed by atoms with Crippen LogP contribution in [-0.4, -0.2) is 28.1 Å². The zero-order chi connectivity index (χ0) is 13.0. The van der Waals surface area contributed by atoms with Crippen molar-refractivity contribution in [3.8, 4) is 0 Å². The number of nitrogens with zero attached hydrogens (tertiary/aromatic N) is 4. The number of nitrogens with two attached hydrogens (primary N) is 1. The number of oxime groups is 1. The molecule has 0 aliphatic carbocycles. The number of anilines is 1. The fourth-order valence-corrected chi connectivity index (χ4v) is 2.11. The predicted octanol–water partition coefficient (Wildman–Crippen LogP) is 1.27. The average molecular weight is 263 g/mol. The molecule has 2 rings (SSSR count). The van der Waals surface area contributed by atoms with E-state index in [2.05, 4.69) is 26.6 Å². The standard InChI is InChI=1S/C11H13N5OS/c1-16(6-8-3-5-18-7-8)11-13-4-2-9(14-11)10(12)15-17/h2-5,7,17H,6H2,1H3,(H2,12,15). The largest absolute Gasteiger partial charge is 0.409 e. The molecule has 0 aliphatic rings. The lowest BCUT2D eigenvalue weighted by molar-refractivity contribution is 0.318. The molecule has 0 spiro atoms. The van der Waals surface area contributed by atoms with Gasteiger partial charge in [-0.3, -0.25) is 0 Å². The Kier molecular flexibility index (Phi) is 3.73. The monoisotopic (exact) mass is 263 g/mol. The normalized spacial score (nSPS) is 11.5. The Hall–Kier alpha value is -2.15. The van der Waals surface area contributed by atoms with Gasteiger partial charge in [0.1, 0.15) is 5.69 Å². The molecule has 0 radical (unpaired) electrons. The maximum absolute atomic E-state index is 8.62. The van der Waals surface area contributed by atoms with E-state index >= 15 is 0 Å². The highest BCUT2D eigenvalue weighted by molar-refractivity contribution is 7.07. The van der Waals surface area contributed by atoms with Crippen molar-refractivity contribution >= 4 is 23.1 Å². The molecule has 0 saturated heterocycles. The zero-order valence-corrected chi connectivity index (χ0v) is 10.6. The van der Waals surface area contributed by atoms with Crippen LogP contribution in [0, 0.1) is 0 Å².